The van der Waals surface area contributed by atoms with Crippen molar-refractivity contribution in [1.29, 1.82) is 0 Å². The topological polar surface area (TPSA) is 90.7 Å². The second kappa shape index (κ2) is 5.19. The SMILES string of the molecule is CC(=O)NC1CCC2(CC1)OCC([N+](=O)[O-])CO2. The lowest BCUT2D eigenvalue weighted by molar-refractivity contribution is -0.550. The number of nitrogens with zero attached hydrogens (tertiary/aromatic N) is 1. The van der Waals surface area contributed by atoms with E-state index in [1.807, 2.05) is 0 Å². The van der Waals surface area contributed by atoms with Gasteiger partial charge in [-0.15, -0.1) is 0 Å². The van der Waals surface area contributed by atoms with Crippen molar-refractivity contribution in [2.75, 3.05) is 13.2 Å². The van der Waals surface area contributed by atoms with Crippen LogP contribution in [0.4, 0.5) is 0 Å². The van der Waals surface area contributed by atoms with Crippen LogP contribution >= 0.6 is 0 Å². The number of ether oxygens (including phenoxy) is 2. The van der Waals surface area contributed by atoms with Gasteiger partial charge in [0.1, 0.15) is 13.2 Å². The van der Waals surface area contributed by atoms with Gasteiger partial charge >= 0.3 is 0 Å². The Morgan fingerprint density at radius 2 is 1.89 bits per heavy atom. The van der Waals surface area contributed by atoms with Gasteiger partial charge in [-0.25, -0.2) is 0 Å². The molecule has 7 heteroatoms. The van der Waals surface area contributed by atoms with Crippen LogP contribution in [-0.4, -0.2) is 41.9 Å². The molecule has 1 aliphatic heterocycles. The lowest BCUT2D eigenvalue weighted by atomic mass is 9.89. The highest BCUT2D eigenvalue weighted by atomic mass is 16.7. The molecule has 1 aliphatic carbocycles. The number of hydrogen-bond donors (Lipinski definition) is 1. The fraction of sp³-hybridized carbons (Fsp3) is 0.909. The number of rotatable bonds is 2. The predicted octanol–water partition coefficient (Wildman–Crippen LogP) is 0.454. The van der Waals surface area contributed by atoms with E-state index in [0.717, 1.165) is 12.8 Å². The number of hydrogen-bond acceptors (Lipinski definition) is 5. The van der Waals surface area contributed by atoms with Gasteiger partial charge in [-0.2, -0.15) is 0 Å². The largest absolute Gasteiger partial charge is 0.354 e. The van der Waals surface area contributed by atoms with Crippen molar-refractivity contribution in [3.8, 4) is 0 Å². The fourth-order valence-electron chi connectivity index (χ4n) is 2.49. The van der Waals surface area contributed by atoms with Crippen molar-refractivity contribution in [1.82, 2.24) is 5.32 Å². The van der Waals surface area contributed by atoms with E-state index in [-0.39, 0.29) is 30.1 Å². The maximum atomic E-state index is 10.9. The van der Waals surface area contributed by atoms with Gasteiger partial charge in [0, 0.05) is 30.7 Å². The van der Waals surface area contributed by atoms with E-state index in [0.29, 0.717) is 12.8 Å². The molecule has 0 aromatic heterocycles. The first-order chi connectivity index (χ1) is 8.51. The van der Waals surface area contributed by atoms with Gasteiger partial charge in [0.15, 0.2) is 5.79 Å². The molecular weight excluding hydrogens is 240 g/mol. The smallest absolute Gasteiger partial charge is 0.259 e. The average Bonchev–Trinajstić information content (AvgIpc) is 2.32. The van der Waals surface area contributed by atoms with Crippen LogP contribution < -0.4 is 5.32 Å². The first kappa shape index (κ1) is 13.2. The number of nitro groups is 1. The van der Waals surface area contributed by atoms with Crippen molar-refractivity contribution in [3.63, 3.8) is 0 Å². The molecule has 0 bridgehead atoms. The highest BCUT2D eigenvalue weighted by molar-refractivity contribution is 5.73. The van der Waals surface area contributed by atoms with Crippen LogP contribution in [0, 0.1) is 10.1 Å². The van der Waals surface area contributed by atoms with Gasteiger partial charge in [-0.3, -0.25) is 14.9 Å². The number of carbonyl (C=O) groups is 1. The summed E-state index contributed by atoms with van der Waals surface area (Å²) in [6, 6.07) is -0.600. The van der Waals surface area contributed by atoms with Crippen molar-refractivity contribution in [2.24, 2.45) is 0 Å². The summed E-state index contributed by atoms with van der Waals surface area (Å²) in [5.41, 5.74) is 0. The zero-order valence-electron chi connectivity index (χ0n) is 10.4. The van der Waals surface area contributed by atoms with E-state index in [1.165, 1.54) is 6.92 Å². The third-order valence-electron chi connectivity index (χ3n) is 3.53. The third kappa shape index (κ3) is 2.97. The average molecular weight is 258 g/mol. The Labute approximate surface area is 105 Å². The third-order valence-corrected chi connectivity index (χ3v) is 3.53. The van der Waals surface area contributed by atoms with Crippen LogP contribution in [0.2, 0.25) is 0 Å². The Hall–Kier alpha value is -1.21. The molecule has 2 fully saturated rings. The van der Waals surface area contributed by atoms with Crippen LogP contribution in [0.1, 0.15) is 32.6 Å². The van der Waals surface area contributed by atoms with E-state index in [9.17, 15) is 14.9 Å². The Morgan fingerprint density at radius 1 is 1.33 bits per heavy atom. The summed E-state index contributed by atoms with van der Waals surface area (Å²) in [6.45, 7) is 1.72. The maximum absolute atomic E-state index is 10.9. The zero-order valence-corrected chi connectivity index (χ0v) is 10.4. The molecule has 18 heavy (non-hydrogen) atoms. The second-order valence-corrected chi connectivity index (χ2v) is 4.95. The van der Waals surface area contributed by atoms with Gasteiger partial charge in [0.2, 0.25) is 5.91 Å². The monoisotopic (exact) mass is 258 g/mol. The summed E-state index contributed by atoms with van der Waals surface area (Å²) < 4.78 is 11.1. The molecule has 0 unspecified atom stereocenters. The summed E-state index contributed by atoms with van der Waals surface area (Å²) in [5.74, 6) is -0.698. The van der Waals surface area contributed by atoms with Gasteiger partial charge in [0.25, 0.3) is 6.04 Å². The standard InChI is InChI=1S/C11H18N2O5/c1-8(14)12-9-2-4-11(5-3-9)17-6-10(7-18-11)13(15)16/h9-10H,2-7H2,1H3,(H,12,14). The Balaban J connectivity index is 1.82. The number of nitrogens with one attached hydrogen (secondary N) is 1. The molecular formula is C11H18N2O5. The molecule has 1 spiro atoms. The van der Waals surface area contributed by atoms with Crippen molar-refractivity contribution < 1.29 is 19.2 Å². The van der Waals surface area contributed by atoms with Gasteiger partial charge in [-0.05, 0) is 12.8 Å². The Kier molecular flexibility index (Phi) is 3.82. The molecule has 0 atom stereocenters. The first-order valence-corrected chi connectivity index (χ1v) is 6.19. The van der Waals surface area contributed by atoms with E-state index < -0.39 is 11.8 Å². The van der Waals surface area contributed by atoms with E-state index in [1.54, 1.807) is 0 Å². The minimum Gasteiger partial charge on any atom is -0.354 e. The van der Waals surface area contributed by atoms with Crippen LogP contribution in [0.3, 0.4) is 0 Å². The molecule has 0 aromatic carbocycles. The molecule has 0 aromatic rings. The molecule has 102 valence electrons. The summed E-state index contributed by atoms with van der Waals surface area (Å²) in [4.78, 5) is 21.2. The van der Waals surface area contributed by atoms with Gasteiger partial charge in [0.05, 0.1) is 0 Å². The molecule has 1 N–H and O–H groups in total. The molecule has 7 nitrogen and oxygen atoms in total. The molecule has 1 heterocycles. The lowest BCUT2D eigenvalue weighted by Gasteiger charge is -2.42. The lowest BCUT2D eigenvalue weighted by Crippen LogP contribution is -2.52. The summed E-state index contributed by atoms with van der Waals surface area (Å²) in [6.07, 6.45) is 2.90. The minimum absolute atomic E-state index is 0.0325. The summed E-state index contributed by atoms with van der Waals surface area (Å²) in [5, 5.41) is 13.5. The van der Waals surface area contributed by atoms with Crippen molar-refractivity contribution >= 4 is 5.91 Å². The highest BCUT2D eigenvalue weighted by Gasteiger charge is 2.43. The fourth-order valence-corrected chi connectivity index (χ4v) is 2.49. The van der Waals surface area contributed by atoms with Crippen molar-refractivity contribution in [3.05, 3.63) is 10.1 Å². The number of carbonyl (C=O) groups excluding carboxylic acids is 1. The molecule has 1 amide bonds. The van der Waals surface area contributed by atoms with Crippen molar-refractivity contribution in [2.45, 2.75) is 50.5 Å². The Bertz CT molecular complexity index is 328. The maximum Gasteiger partial charge on any atom is 0.259 e. The first-order valence-electron chi connectivity index (χ1n) is 6.19. The van der Waals surface area contributed by atoms with Crippen LogP contribution in [0.25, 0.3) is 0 Å². The molecule has 1 saturated carbocycles. The number of amides is 1. The van der Waals surface area contributed by atoms with E-state index in [4.69, 9.17) is 9.47 Å². The molecule has 1 saturated heterocycles. The van der Waals surface area contributed by atoms with Crippen LogP contribution in [0.5, 0.6) is 0 Å². The summed E-state index contributed by atoms with van der Waals surface area (Å²) >= 11 is 0. The second-order valence-electron chi connectivity index (χ2n) is 4.95. The van der Waals surface area contributed by atoms with E-state index >= 15 is 0 Å². The summed E-state index contributed by atoms with van der Waals surface area (Å²) in [7, 11) is 0. The molecule has 0 radical (unpaired) electrons. The van der Waals surface area contributed by atoms with Gasteiger partial charge in [-0.1, -0.05) is 0 Å². The normalized spacial score (nSPS) is 36.3. The molecule has 2 rings (SSSR count). The highest BCUT2D eigenvalue weighted by Crippen LogP contribution is 2.35. The predicted molar refractivity (Wildman–Crippen MR) is 61.5 cm³/mol. The minimum atomic E-state index is -0.760. The van der Waals surface area contributed by atoms with E-state index in [2.05, 4.69) is 5.32 Å². The zero-order chi connectivity index (χ0) is 13.2. The Morgan fingerprint density at radius 3 is 2.33 bits per heavy atom. The molecule has 2 aliphatic rings. The quantitative estimate of drug-likeness (QED) is 0.573. The van der Waals surface area contributed by atoms with Crippen LogP contribution in [-0.2, 0) is 14.3 Å². The van der Waals surface area contributed by atoms with Crippen LogP contribution in [0.15, 0.2) is 0 Å². The van der Waals surface area contributed by atoms with Gasteiger partial charge < -0.3 is 14.8 Å².